The maximum Gasteiger partial charge on any atom is 0.306 e. The van der Waals surface area contributed by atoms with E-state index in [1.807, 2.05) is 6.92 Å². The molecule has 0 aromatic carbocycles. The maximum atomic E-state index is 11.6. The third-order valence-electron chi connectivity index (χ3n) is 2.31. The number of thiophene rings is 1. The van der Waals surface area contributed by atoms with Crippen LogP contribution in [0.1, 0.15) is 35.9 Å². The molecule has 0 aliphatic rings. The lowest BCUT2D eigenvalue weighted by molar-refractivity contribution is -0.144. The third-order valence-corrected chi connectivity index (χ3v) is 3.38. The van der Waals surface area contributed by atoms with Crippen molar-refractivity contribution in [3.8, 4) is 0 Å². The summed E-state index contributed by atoms with van der Waals surface area (Å²) < 4.78 is 4.84. The zero-order chi connectivity index (χ0) is 16.4. The highest BCUT2D eigenvalue weighted by Gasteiger charge is 2.10. The minimum Gasteiger partial charge on any atom is -0.466 e. The standard InChI is InChI=1S/C13H17N3O4S2/c1-2-7-20-11(18)6-5-10(17)14-13(21)16-15-12(19)9-4-3-8-22-9/h3-4,8H,2,5-7H2,1H3,(H,15,19)(H2,14,16,17,21). The van der Waals surface area contributed by atoms with Gasteiger partial charge in [0.2, 0.25) is 5.91 Å². The lowest BCUT2D eigenvalue weighted by atomic mass is 10.3. The van der Waals surface area contributed by atoms with Crippen molar-refractivity contribution in [2.45, 2.75) is 26.2 Å². The van der Waals surface area contributed by atoms with Gasteiger partial charge >= 0.3 is 5.97 Å². The number of nitrogens with one attached hydrogen (secondary N) is 3. The molecule has 1 rings (SSSR count). The number of hydrogen-bond acceptors (Lipinski definition) is 6. The minimum atomic E-state index is -0.434. The monoisotopic (exact) mass is 343 g/mol. The quantitative estimate of drug-likeness (QED) is 0.407. The Morgan fingerprint density at radius 1 is 1.27 bits per heavy atom. The number of thiocarbonyl (C=S) groups is 1. The summed E-state index contributed by atoms with van der Waals surface area (Å²) in [5.74, 6) is -1.21. The largest absolute Gasteiger partial charge is 0.466 e. The molecule has 2 amide bonds. The number of hydrazine groups is 1. The lowest BCUT2D eigenvalue weighted by Crippen LogP contribution is -2.48. The van der Waals surface area contributed by atoms with Crippen LogP contribution in [0.2, 0.25) is 0 Å². The molecule has 22 heavy (non-hydrogen) atoms. The summed E-state index contributed by atoms with van der Waals surface area (Å²) in [5, 5.41) is 4.08. The van der Waals surface area contributed by atoms with Crippen LogP contribution in [0.15, 0.2) is 17.5 Å². The van der Waals surface area contributed by atoms with Gasteiger partial charge in [-0.3, -0.25) is 25.2 Å². The molecule has 0 saturated carbocycles. The number of ether oxygens (including phenoxy) is 1. The van der Waals surface area contributed by atoms with Crippen molar-refractivity contribution in [1.82, 2.24) is 16.2 Å². The highest BCUT2D eigenvalue weighted by molar-refractivity contribution is 7.80. The summed E-state index contributed by atoms with van der Waals surface area (Å²) in [7, 11) is 0. The van der Waals surface area contributed by atoms with E-state index in [-0.39, 0.29) is 23.9 Å². The smallest absolute Gasteiger partial charge is 0.306 e. The lowest BCUT2D eigenvalue weighted by Gasteiger charge is -2.10. The first-order chi connectivity index (χ1) is 10.5. The molecular formula is C13H17N3O4S2. The van der Waals surface area contributed by atoms with E-state index >= 15 is 0 Å². The van der Waals surface area contributed by atoms with Gasteiger partial charge in [0, 0.05) is 6.42 Å². The molecule has 1 aromatic rings. The summed E-state index contributed by atoms with van der Waals surface area (Å²) in [6, 6.07) is 3.41. The van der Waals surface area contributed by atoms with E-state index in [1.54, 1.807) is 17.5 Å². The summed E-state index contributed by atoms with van der Waals surface area (Å²) in [6.45, 7) is 2.23. The Hall–Kier alpha value is -2.00. The zero-order valence-corrected chi connectivity index (χ0v) is 13.6. The SMILES string of the molecule is CCCOC(=O)CCC(=O)NC(=S)NNC(=O)c1cccs1. The van der Waals surface area contributed by atoms with Crippen molar-refractivity contribution in [3.63, 3.8) is 0 Å². The number of hydrogen-bond donors (Lipinski definition) is 3. The normalized spacial score (nSPS) is 9.68. The van der Waals surface area contributed by atoms with E-state index < -0.39 is 11.9 Å². The summed E-state index contributed by atoms with van der Waals surface area (Å²) in [6.07, 6.45) is 0.676. The van der Waals surface area contributed by atoms with Gasteiger partial charge in [0.1, 0.15) is 0 Å². The Bertz CT molecular complexity index is 531. The van der Waals surface area contributed by atoms with Gasteiger partial charge in [-0.1, -0.05) is 13.0 Å². The molecule has 0 atom stereocenters. The average Bonchev–Trinajstić information content (AvgIpc) is 3.03. The van der Waals surface area contributed by atoms with Crippen LogP contribution < -0.4 is 16.2 Å². The van der Waals surface area contributed by atoms with Gasteiger partial charge in [0.25, 0.3) is 5.91 Å². The van der Waals surface area contributed by atoms with Crippen LogP contribution >= 0.6 is 23.6 Å². The second-order valence-electron chi connectivity index (χ2n) is 4.15. The van der Waals surface area contributed by atoms with E-state index in [9.17, 15) is 14.4 Å². The van der Waals surface area contributed by atoms with Crippen molar-refractivity contribution in [3.05, 3.63) is 22.4 Å². The van der Waals surface area contributed by atoms with Crippen molar-refractivity contribution >= 4 is 46.5 Å². The van der Waals surface area contributed by atoms with Crippen LogP contribution in [0.3, 0.4) is 0 Å². The summed E-state index contributed by atoms with van der Waals surface area (Å²) in [4.78, 5) is 34.9. The first-order valence-corrected chi connectivity index (χ1v) is 7.91. The molecule has 7 nitrogen and oxygen atoms in total. The minimum absolute atomic E-state index is 0.0179. The number of rotatable bonds is 6. The van der Waals surface area contributed by atoms with E-state index in [4.69, 9.17) is 17.0 Å². The van der Waals surface area contributed by atoms with Gasteiger partial charge in [0.15, 0.2) is 5.11 Å². The molecule has 0 aliphatic carbocycles. The predicted molar refractivity (Wildman–Crippen MR) is 86.1 cm³/mol. The molecule has 0 radical (unpaired) electrons. The first-order valence-electron chi connectivity index (χ1n) is 6.62. The fraction of sp³-hybridized carbons (Fsp3) is 0.385. The number of amides is 2. The molecule has 0 bridgehead atoms. The van der Waals surface area contributed by atoms with Crippen LogP contribution in [0.5, 0.6) is 0 Å². The number of esters is 1. The second kappa shape index (κ2) is 9.85. The average molecular weight is 343 g/mol. The molecule has 0 unspecified atom stereocenters. The highest BCUT2D eigenvalue weighted by atomic mass is 32.1. The van der Waals surface area contributed by atoms with Crippen LogP contribution in [0, 0.1) is 0 Å². The van der Waals surface area contributed by atoms with Gasteiger partial charge in [-0.2, -0.15) is 0 Å². The van der Waals surface area contributed by atoms with Gasteiger partial charge in [-0.05, 0) is 30.1 Å². The molecule has 0 spiro atoms. The first kappa shape index (κ1) is 18.1. The van der Waals surface area contributed by atoms with Gasteiger partial charge in [-0.15, -0.1) is 11.3 Å². The molecule has 3 N–H and O–H groups in total. The third kappa shape index (κ3) is 7.14. The van der Waals surface area contributed by atoms with Crippen LogP contribution in [-0.4, -0.2) is 29.5 Å². The molecular weight excluding hydrogens is 326 g/mol. The van der Waals surface area contributed by atoms with Crippen LogP contribution in [-0.2, 0) is 14.3 Å². The van der Waals surface area contributed by atoms with E-state index in [1.165, 1.54) is 11.3 Å². The topological polar surface area (TPSA) is 96.5 Å². The predicted octanol–water partition coefficient (Wildman–Crippen LogP) is 1.12. The van der Waals surface area contributed by atoms with E-state index in [2.05, 4.69) is 16.2 Å². The molecule has 1 heterocycles. The van der Waals surface area contributed by atoms with Gasteiger partial charge < -0.3 is 10.1 Å². The highest BCUT2D eigenvalue weighted by Crippen LogP contribution is 2.06. The van der Waals surface area contributed by atoms with Crippen molar-refractivity contribution in [1.29, 1.82) is 0 Å². The Kier molecular flexibility index (Phi) is 8.08. The summed E-state index contributed by atoms with van der Waals surface area (Å²) in [5.41, 5.74) is 4.77. The number of carbonyl (C=O) groups excluding carboxylic acids is 3. The van der Waals surface area contributed by atoms with E-state index in [0.717, 1.165) is 6.42 Å². The molecule has 9 heteroatoms. The van der Waals surface area contributed by atoms with Crippen LogP contribution in [0.25, 0.3) is 0 Å². The van der Waals surface area contributed by atoms with Gasteiger partial charge in [-0.25, -0.2) is 0 Å². The molecule has 0 saturated heterocycles. The van der Waals surface area contributed by atoms with Crippen LogP contribution in [0.4, 0.5) is 0 Å². The fourth-order valence-corrected chi connectivity index (χ4v) is 2.09. The molecule has 1 aromatic heterocycles. The van der Waals surface area contributed by atoms with Gasteiger partial charge in [0.05, 0.1) is 17.9 Å². The maximum absolute atomic E-state index is 11.6. The van der Waals surface area contributed by atoms with Crippen molar-refractivity contribution < 1.29 is 19.1 Å². The Balaban J connectivity index is 2.20. The summed E-state index contributed by atoms with van der Waals surface area (Å²) >= 11 is 6.14. The molecule has 0 fully saturated rings. The fourth-order valence-electron chi connectivity index (χ4n) is 1.31. The Morgan fingerprint density at radius 3 is 2.68 bits per heavy atom. The zero-order valence-electron chi connectivity index (χ0n) is 12.0. The Labute approximate surface area is 137 Å². The molecule has 120 valence electrons. The second-order valence-corrected chi connectivity index (χ2v) is 5.51. The number of carbonyl (C=O) groups is 3. The molecule has 0 aliphatic heterocycles. The van der Waals surface area contributed by atoms with Crippen molar-refractivity contribution in [2.24, 2.45) is 0 Å². The van der Waals surface area contributed by atoms with Crippen molar-refractivity contribution in [2.75, 3.05) is 6.61 Å². The Morgan fingerprint density at radius 2 is 2.05 bits per heavy atom. The van der Waals surface area contributed by atoms with E-state index in [0.29, 0.717) is 11.5 Å².